The summed E-state index contributed by atoms with van der Waals surface area (Å²) >= 11 is 0. The highest BCUT2D eigenvalue weighted by molar-refractivity contribution is 6.06. The summed E-state index contributed by atoms with van der Waals surface area (Å²) in [4.78, 5) is 22.9. The molecule has 1 aromatic rings. The lowest BCUT2D eigenvalue weighted by Crippen LogP contribution is -2.14. The lowest BCUT2D eigenvalue weighted by molar-refractivity contribution is -0.141. The Morgan fingerprint density at radius 1 is 1.25 bits per heavy atom. The molecule has 84 valence electrons. The van der Waals surface area contributed by atoms with E-state index in [1.165, 1.54) is 11.1 Å². The van der Waals surface area contributed by atoms with Crippen molar-refractivity contribution in [2.75, 3.05) is 6.61 Å². The molecule has 3 heteroatoms. The second-order valence-electron chi connectivity index (χ2n) is 3.89. The van der Waals surface area contributed by atoms with Crippen LogP contribution in [0.1, 0.15) is 34.8 Å². The fourth-order valence-electron chi connectivity index (χ4n) is 1.81. The van der Waals surface area contributed by atoms with Crippen molar-refractivity contribution < 1.29 is 14.3 Å². The Hall–Kier alpha value is -1.64. The van der Waals surface area contributed by atoms with Gasteiger partial charge in [0, 0.05) is 5.56 Å². The Balaban J connectivity index is 2.03. The molecule has 0 bridgehead atoms. The number of carbonyl (C=O) groups is 2. The zero-order chi connectivity index (χ0) is 11.5. The number of ketones is 1. The van der Waals surface area contributed by atoms with E-state index in [0.717, 1.165) is 12.8 Å². The molecular weight excluding hydrogens is 204 g/mol. The van der Waals surface area contributed by atoms with Crippen molar-refractivity contribution in [1.82, 2.24) is 0 Å². The first kappa shape index (κ1) is 10.9. The van der Waals surface area contributed by atoms with Crippen molar-refractivity contribution in [2.45, 2.75) is 26.2 Å². The molecule has 16 heavy (non-hydrogen) atoms. The number of fused-ring (bicyclic) bond motifs is 1. The normalized spacial score (nSPS) is 12.6. The van der Waals surface area contributed by atoms with Gasteiger partial charge < -0.3 is 4.74 Å². The minimum Gasteiger partial charge on any atom is -0.466 e. The second-order valence-corrected chi connectivity index (χ2v) is 3.89. The van der Waals surface area contributed by atoms with Crippen LogP contribution in [0.25, 0.3) is 0 Å². The van der Waals surface area contributed by atoms with E-state index < -0.39 is 5.97 Å². The van der Waals surface area contributed by atoms with E-state index in [2.05, 4.69) is 0 Å². The Labute approximate surface area is 94.4 Å². The Kier molecular flexibility index (Phi) is 3.04. The van der Waals surface area contributed by atoms with Gasteiger partial charge in [0.15, 0.2) is 5.78 Å². The molecule has 0 saturated heterocycles. The fraction of sp³-hybridized carbons (Fsp3) is 0.385. The minimum absolute atomic E-state index is 0.159. The first-order valence-corrected chi connectivity index (χ1v) is 5.51. The number of hydrogen-bond donors (Lipinski definition) is 0. The molecule has 0 aromatic heterocycles. The summed E-state index contributed by atoms with van der Waals surface area (Å²) in [6, 6.07) is 5.65. The molecule has 0 amide bonds. The van der Waals surface area contributed by atoms with Crippen LogP contribution in [0.2, 0.25) is 0 Å². The van der Waals surface area contributed by atoms with Crippen LogP contribution in [-0.2, 0) is 22.4 Å². The maximum atomic E-state index is 11.7. The van der Waals surface area contributed by atoms with Gasteiger partial charge in [0.1, 0.15) is 6.42 Å². The van der Waals surface area contributed by atoms with E-state index in [0.29, 0.717) is 12.2 Å². The maximum Gasteiger partial charge on any atom is 0.313 e. The van der Waals surface area contributed by atoms with E-state index in [-0.39, 0.29) is 12.2 Å². The lowest BCUT2D eigenvalue weighted by atomic mass is 9.86. The van der Waals surface area contributed by atoms with Crippen LogP contribution in [0.15, 0.2) is 18.2 Å². The number of esters is 1. The molecule has 1 aliphatic carbocycles. The topological polar surface area (TPSA) is 43.4 Å². The van der Waals surface area contributed by atoms with Crippen molar-refractivity contribution in [2.24, 2.45) is 0 Å². The van der Waals surface area contributed by atoms with Crippen LogP contribution in [-0.4, -0.2) is 18.4 Å². The SMILES string of the molecule is CCOC(=O)CC(=O)c1ccc2c(c1)CC2. The third-order valence-electron chi connectivity index (χ3n) is 2.80. The lowest BCUT2D eigenvalue weighted by Gasteiger charge is -2.18. The number of aryl methyl sites for hydroxylation is 2. The molecule has 1 aromatic carbocycles. The first-order valence-electron chi connectivity index (χ1n) is 5.51. The molecule has 0 atom stereocenters. The smallest absolute Gasteiger partial charge is 0.313 e. The number of benzene rings is 1. The van der Waals surface area contributed by atoms with Crippen LogP contribution >= 0.6 is 0 Å². The van der Waals surface area contributed by atoms with Gasteiger partial charge in [-0.2, -0.15) is 0 Å². The molecule has 0 aliphatic heterocycles. The highest BCUT2D eigenvalue weighted by Gasteiger charge is 2.17. The molecule has 2 rings (SSSR count). The summed E-state index contributed by atoms with van der Waals surface area (Å²) in [7, 11) is 0. The van der Waals surface area contributed by atoms with Crippen LogP contribution in [0, 0.1) is 0 Å². The zero-order valence-electron chi connectivity index (χ0n) is 9.29. The summed E-state index contributed by atoms with van der Waals surface area (Å²) < 4.78 is 4.74. The van der Waals surface area contributed by atoms with Gasteiger partial charge in [-0.3, -0.25) is 9.59 Å². The fourth-order valence-corrected chi connectivity index (χ4v) is 1.81. The number of rotatable bonds is 4. The highest BCUT2D eigenvalue weighted by Crippen LogP contribution is 2.24. The predicted octanol–water partition coefficient (Wildman–Crippen LogP) is 1.92. The van der Waals surface area contributed by atoms with E-state index in [9.17, 15) is 9.59 Å². The molecule has 0 unspecified atom stereocenters. The van der Waals surface area contributed by atoms with Gasteiger partial charge in [0.2, 0.25) is 0 Å². The Bertz CT molecular complexity index is 435. The molecule has 1 aliphatic rings. The van der Waals surface area contributed by atoms with Gasteiger partial charge in [0.25, 0.3) is 0 Å². The van der Waals surface area contributed by atoms with Gasteiger partial charge >= 0.3 is 5.97 Å². The molecular formula is C13H14O3. The third-order valence-corrected chi connectivity index (χ3v) is 2.80. The molecule has 3 nitrogen and oxygen atoms in total. The average Bonchev–Trinajstić information content (AvgIpc) is 2.20. The molecule has 0 N–H and O–H groups in total. The maximum absolute atomic E-state index is 11.7. The van der Waals surface area contributed by atoms with Gasteiger partial charge in [-0.25, -0.2) is 0 Å². The first-order chi connectivity index (χ1) is 7.70. The van der Waals surface area contributed by atoms with Gasteiger partial charge in [0.05, 0.1) is 6.61 Å². The summed E-state index contributed by atoms with van der Waals surface area (Å²) in [6.45, 7) is 2.05. The quantitative estimate of drug-likeness (QED) is 0.440. The van der Waals surface area contributed by atoms with Crippen molar-refractivity contribution in [3.8, 4) is 0 Å². The molecule has 0 radical (unpaired) electrons. The van der Waals surface area contributed by atoms with E-state index in [4.69, 9.17) is 4.74 Å². The monoisotopic (exact) mass is 218 g/mol. The summed E-state index contributed by atoms with van der Waals surface area (Å²) in [5.74, 6) is -0.608. The third kappa shape index (κ3) is 2.13. The number of Topliss-reactive ketones (excluding diaryl/α,β-unsaturated/α-hetero) is 1. The van der Waals surface area contributed by atoms with E-state index >= 15 is 0 Å². The highest BCUT2D eigenvalue weighted by atomic mass is 16.5. The number of ether oxygens (including phenoxy) is 1. The van der Waals surface area contributed by atoms with E-state index in [1.54, 1.807) is 13.0 Å². The number of carbonyl (C=O) groups excluding carboxylic acids is 2. The van der Waals surface area contributed by atoms with Crippen LogP contribution < -0.4 is 0 Å². The minimum atomic E-state index is -0.449. The standard InChI is InChI=1S/C13H14O3/c1-2-16-13(15)8-12(14)11-6-4-9-3-5-10(9)7-11/h4,6-7H,2-3,5,8H2,1H3. The van der Waals surface area contributed by atoms with E-state index in [1.807, 2.05) is 12.1 Å². The van der Waals surface area contributed by atoms with Crippen LogP contribution in [0.4, 0.5) is 0 Å². The molecule has 0 heterocycles. The van der Waals surface area contributed by atoms with Crippen molar-refractivity contribution >= 4 is 11.8 Å². The zero-order valence-corrected chi connectivity index (χ0v) is 9.29. The predicted molar refractivity (Wildman–Crippen MR) is 59.4 cm³/mol. The second kappa shape index (κ2) is 4.47. The Morgan fingerprint density at radius 2 is 2.00 bits per heavy atom. The summed E-state index contributed by atoms with van der Waals surface area (Å²) in [5, 5.41) is 0. The van der Waals surface area contributed by atoms with Crippen molar-refractivity contribution in [3.63, 3.8) is 0 Å². The molecule has 0 spiro atoms. The van der Waals surface area contributed by atoms with Gasteiger partial charge in [-0.15, -0.1) is 0 Å². The Morgan fingerprint density at radius 3 is 2.56 bits per heavy atom. The summed E-state index contributed by atoms with van der Waals surface area (Å²) in [6.07, 6.45) is 1.98. The van der Waals surface area contributed by atoms with Gasteiger partial charge in [-0.1, -0.05) is 12.1 Å². The van der Waals surface area contributed by atoms with Crippen molar-refractivity contribution in [3.05, 3.63) is 34.9 Å². The van der Waals surface area contributed by atoms with Crippen LogP contribution in [0.5, 0.6) is 0 Å². The summed E-state index contributed by atoms with van der Waals surface area (Å²) in [5.41, 5.74) is 3.16. The largest absolute Gasteiger partial charge is 0.466 e. The van der Waals surface area contributed by atoms with Crippen molar-refractivity contribution in [1.29, 1.82) is 0 Å². The van der Waals surface area contributed by atoms with Gasteiger partial charge in [-0.05, 0) is 37.0 Å². The average molecular weight is 218 g/mol. The van der Waals surface area contributed by atoms with Crippen LogP contribution in [0.3, 0.4) is 0 Å². The number of hydrogen-bond acceptors (Lipinski definition) is 3. The molecule has 0 fully saturated rings. The molecule has 0 saturated carbocycles.